The average Bonchev–Trinajstić information content (AvgIpc) is 2.47. The molecule has 0 spiro atoms. The van der Waals surface area contributed by atoms with Gasteiger partial charge in [-0.05, 0) is 0 Å². The first-order valence-corrected chi connectivity index (χ1v) is 3.56. The van der Waals surface area contributed by atoms with Gasteiger partial charge in [0.25, 0.3) is 5.56 Å². The monoisotopic (exact) mass is 195 g/mol. The van der Waals surface area contributed by atoms with Crippen molar-refractivity contribution < 1.29 is 9.90 Å². The maximum absolute atomic E-state index is 11.2. The SMILES string of the molecule is Nc1nc2nc(C(=O)O)[nH]c2c(=O)[nH]1. The fourth-order valence-corrected chi connectivity index (χ4v) is 1.03. The summed E-state index contributed by atoms with van der Waals surface area (Å²) in [6, 6.07) is 0. The Labute approximate surface area is 75.8 Å². The van der Waals surface area contributed by atoms with E-state index in [1.165, 1.54) is 0 Å². The molecule has 0 aliphatic rings. The van der Waals surface area contributed by atoms with Crippen LogP contribution in [0.2, 0.25) is 0 Å². The van der Waals surface area contributed by atoms with Crippen molar-refractivity contribution in [1.29, 1.82) is 0 Å². The molecular formula is C6H5N5O3. The summed E-state index contributed by atoms with van der Waals surface area (Å²) in [5.74, 6) is -1.71. The summed E-state index contributed by atoms with van der Waals surface area (Å²) in [6.07, 6.45) is 0. The zero-order chi connectivity index (χ0) is 10.3. The molecule has 0 aliphatic carbocycles. The topological polar surface area (TPSA) is 138 Å². The molecule has 14 heavy (non-hydrogen) atoms. The third kappa shape index (κ3) is 1.09. The van der Waals surface area contributed by atoms with Crippen molar-refractivity contribution in [1.82, 2.24) is 19.9 Å². The van der Waals surface area contributed by atoms with Gasteiger partial charge >= 0.3 is 5.97 Å². The number of hydrogen-bond acceptors (Lipinski definition) is 5. The first kappa shape index (κ1) is 8.23. The van der Waals surface area contributed by atoms with Crippen molar-refractivity contribution in [3.8, 4) is 0 Å². The first-order valence-electron chi connectivity index (χ1n) is 3.56. The van der Waals surface area contributed by atoms with Crippen LogP contribution in [-0.2, 0) is 0 Å². The molecule has 0 aromatic carbocycles. The summed E-state index contributed by atoms with van der Waals surface area (Å²) in [5, 5.41) is 8.58. The number of nitrogens with zero attached hydrogens (tertiary/aromatic N) is 2. The number of nitrogens with two attached hydrogens (primary N) is 1. The van der Waals surface area contributed by atoms with Crippen LogP contribution in [-0.4, -0.2) is 31.0 Å². The number of fused-ring (bicyclic) bond motifs is 1. The van der Waals surface area contributed by atoms with Gasteiger partial charge in [-0.3, -0.25) is 9.78 Å². The van der Waals surface area contributed by atoms with E-state index in [9.17, 15) is 9.59 Å². The van der Waals surface area contributed by atoms with Gasteiger partial charge in [0.1, 0.15) is 0 Å². The molecule has 0 radical (unpaired) electrons. The van der Waals surface area contributed by atoms with Crippen molar-refractivity contribution in [3.63, 3.8) is 0 Å². The predicted octanol–water partition coefficient (Wildman–Crippen LogP) is -1.07. The number of rotatable bonds is 1. The summed E-state index contributed by atoms with van der Waals surface area (Å²) in [6.45, 7) is 0. The lowest BCUT2D eigenvalue weighted by atomic mass is 10.5. The average molecular weight is 195 g/mol. The van der Waals surface area contributed by atoms with E-state index in [0.29, 0.717) is 0 Å². The maximum atomic E-state index is 11.2. The first-order chi connectivity index (χ1) is 6.58. The highest BCUT2D eigenvalue weighted by Crippen LogP contribution is 2.04. The van der Waals surface area contributed by atoms with E-state index < -0.39 is 11.5 Å². The second-order valence-corrected chi connectivity index (χ2v) is 2.54. The zero-order valence-corrected chi connectivity index (χ0v) is 6.74. The lowest BCUT2D eigenvalue weighted by Gasteiger charge is -1.89. The molecular weight excluding hydrogens is 190 g/mol. The molecule has 0 fully saturated rings. The van der Waals surface area contributed by atoms with Crippen LogP contribution < -0.4 is 11.3 Å². The molecule has 0 amide bonds. The van der Waals surface area contributed by atoms with E-state index in [-0.39, 0.29) is 22.9 Å². The molecule has 0 atom stereocenters. The van der Waals surface area contributed by atoms with E-state index in [2.05, 4.69) is 19.9 Å². The summed E-state index contributed by atoms with van der Waals surface area (Å²) >= 11 is 0. The fourth-order valence-electron chi connectivity index (χ4n) is 1.03. The van der Waals surface area contributed by atoms with Gasteiger partial charge in [-0.25, -0.2) is 9.78 Å². The Morgan fingerprint density at radius 3 is 2.71 bits per heavy atom. The number of nitrogens with one attached hydrogen (secondary N) is 2. The number of aromatic carboxylic acids is 1. The number of hydrogen-bond donors (Lipinski definition) is 4. The highest BCUT2D eigenvalue weighted by Gasteiger charge is 2.12. The van der Waals surface area contributed by atoms with E-state index in [0.717, 1.165) is 0 Å². The molecule has 0 aliphatic heterocycles. The second kappa shape index (κ2) is 2.55. The molecule has 8 nitrogen and oxygen atoms in total. The van der Waals surface area contributed by atoms with Crippen molar-refractivity contribution in [3.05, 3.63) is 16.2 Å². The summed E-state index contributed by atoms with van der Waals surface area (Å²) < 4.78 is 0. The predicted molar refractivity (Wildman–Crippen MR) is 45.9 cm³/mol. The van der Waals surface area contributed by atoms with Crippen molar-refractivity contribution in [2.24, 2.45) is 0 Å². The minimum Gasteiger partial charge on any atom is -0.475 e. The van der Waals surface area contributed by atoms with Gasteiger partial charge in [0.05, 0.1) is 0 Å². The highest BCUT2D eigenvalue weighted by molar-refractivity contribution is 5.87. The van der Waals surface area contributed by atoms with Crippen molar-refractivity contribution in [2.45, 2.75) is 0 Å². The van der Waals surface area contributed by atoms with Gasteiger partial charge < -0.3 is 15.8 Å². The highest BCUT2D eigenvalue weighted by atomic mass is 16.4. The van der Waals surface area contributed by atoms with Crippen LogP contribution >= 0.6 is 0 Å². The Balaban J connectivity index is 2.83. The quantitative estimate of drug-likeness (QED) is 0.457. The number of carbonyl (C=O) groups is 1. The molecule has 2 rings (SSSR count). The van der Waals surface area contributed by atoms with Crippen molar-refractivity contribution in [2.75, 3.05) is 5.73 Å². The molecule has 0 bridgehead atoms. The normalized spacial score (nSPS) is 10.6. The smallest absolute Gasteiger partial charge is 0.371 e. The number of aromatic amines is 2. The van der Waals surface area contributed by atoms with Gasteiger partial charge in [-0.1, -0.05) is 0 Å². The Morgan fingerprint density at radius 2 is 2.07 bits per heavy atom. The van der Waals surface area contributed by atoms with Crippen LogP contribution in [0.3, 0.4) is 0 Å². The van der Waals surface area contributed by atoms with Gasteiger partial charge in [0, 0.05) is 0 Å². The van der Waals surface area contributed by atoms with Gasteiger partial charge in [0.2, 0.25) is 11.8 Å². The number of anilines is 1. The minimum atomic E-state index is -1.26. The Morgan fingerprint density at radius 1 is 1.36 bits per heavy atom. The molecule has 0 saturated carbocycles. The van der Waals surface area contributed by atoms with Gasteiger partial charge in [-0.15, -0.1) is 0 Å². The molecule has 5 N–H and O–H groups in total. The van der Waals surface area contributed by atoms with Gasteiger partial charge in [0.15, 0.2) is 11.2 Å². The number of carboxylic acid groups (broad SMARTS) is 1. The molecule has 2 aromatic rings. The standard InChI is InChI=1S/C6H5N5O3/c7-6-10-2-1(4(12)11-6)8-3(9-2)5(13)14/h(H,13,14)(H4,7,8,9,10,11,12). The fraction of sp³-hybridized carbons (Fsp3) is 0. The number of imidazole rings is 1. The van der Waals surface area contributed by atoms with Crippen LogP contribution in [0.25, 0.3) is 11.2 Å². The Bertz CT molecular complexity index is 568. The van der Waals surface area contributed by atoms with E-state index >= 15 is 0 Å². The maximum Gasteiger partial charge on any atom is 0.371 e. The van der Waals surface area contributed by atoms with E-state index in [4.69, 9.17) is 10.8 Å². The second-order valence-electron chi connectivity index (χ2n) is 2.54. The zero-order valence-electron chi connectivity index (χ0n) is 6.74. The van der Waals surface area contributed by atoms with Crippen LogP contribution in [0, 0.1) is 0 Å². The molecule has 2 aromatic heterocycles. The molecule has 0 saturated heterocycles. The lowest BCUT2D eigenvalue weighted by molar-refractivity contribution is 0.0685. The van der Waals surface area contributed by atoms with Gasteiger partial charge in [-0.2, -0.15) is 4.98 Å². The summed E-state index contributed by atoms with van der Waals surface area (Å²) in [5.41, 5.74) is 4.68. The van der Waals surface area contributed by atoms with Crippen LogP contribution in [0.4, 0.5) is 5.95 Å². The van der Waals surface area contributed by atoms with E-state index in [1.54, 1.807) is 0 Å². The number of carboxylic acids is 1. The van der Waals surface area contributed by atoms with Crippen molar-refractivity contribution >= 4 is 23.1 Å². The summed E-state index contributed by atoms with van der Waals surface area (Å²) in [7, 11) is 0. The Kier molecular flexibility index (Phi) is 1.50. The van der Waals surface area contributed by atoms with Crippen LogP contribution in [0.5, 0.6) is 0 Å². The lowest BCUT2D eigenvalue weighted by Crippen LogP contribution is -2.10. The molecule has 8 heteroatoms. The summed E-state index contributed by atoms with van der Waals surface area (Å²) in [4.78, 5) is 33.5. The number of aromatic nitrogens is 4. The number of nitrogen functional groups attached to an aromatic ring is 1. The minimum absolute atomic E-state index is 0.00315. The molecule has 0 unspecified atom stereocenters. The molecule has 2 heterocycles. The van der Waals surface area contributed by atoms with Crippen LogP contribution in [0.1, 0.15) is 10.6 Å². The number of H-pyrrole nitrogens is 2. The molecule has 72 valence electrons. The Hall–Kier alpha value is -2.38. The van der Waals surface area contributed by atoms with E-state index in [1.807, 2.05) is 0 Å². The van der Waals surface area contributed by atoms with Crippen LogP contribution in [0.15, 0.2) is 4.79 Å². The largest absolute Gasteiger partial charge is 0.475 e. The third-order valence-electron chi connectivity index (χ3n) is 1.58. The third-order valence-corrected chi connectivity index (χ3v) is 1.58.